The van der Waals surface area contributed by atoms with Crippen LogP contribution in [0.25, 0.3) is 0 Å². The SMILES string of the molecule is CCOC(=O)C(C)(CCC#N)c1ccc(F)c(F)c1. The van der Waals surface area contributed by atoms with E-state index < -0.39 is 23.0 Å². The Bertz CT molecular complexity index is 511. The van der Waals surface area contributed by atoms with Crippen molar-refractivity contribution in [3.05, 3.63) is 35.4 Å². The lowest BCUT2D eigenvalue weighted by atomic mass is 9.78. The molecule has 5 heteroatoms. The van der Waals surface area contributed by atoms with Gasteiger partial charge in [-0.2, -0.15) is 5.26 Å². The fourth-order valence-electron chi connectivity index (χ4n) is 1.80. The van der Waals surface area contributed by atoms with Gasteiger partial charge in [0.2, 0.25) is 0 Å². The molecule has 0 heterocycles. The van der Waals surface area contributed by atoms with Crippen molar-refractivity contribution in [1.29, 1.82) is 5.26 Å². The van der Waals surface area contributed by atoms with Crippen LogP contribution in [0, 0.1) is 23.0 Å². The summed E-state index contributed by atoms with van der Waals surface area (Å²) in [5.74, 6) is -2.54. The van der Waals surface area contributed by atoms with E-state index in [0.29, 0.717) is 5.56 Å². The first-order valence-corrected chi connectivity index (χ1v) is 5.95. The Kier molecular flexibility index (Phi) is 4.99. The number of hydrogen-bond acceptors (Lipinski definition) is 3. The zero-order valence-electron chi connectivity index (χ0n) is 10.9. The van der Waals surface area contributed by atoms with Crippen molar-refractivity contribution < 1.29 is 18.3 Å². The molecular formula is C14H15F2NO2. The van der Waals surface area contributed by atoms with Crippen LogP contribution in [0.1, 0.15) is 32.3 Å². The monoisotopic (exact) mass is 267 g/mol. The van der Waals surface area contributed by atoms with Crippen LogP contribution in [-0.2, 0) is 14.9 Å². The summed E-state index contributed by atoms with van der Waals surface area (Å²) in [6, 6.07) is 5.22. The van der Waals surface area contributed by atoms with Gasteiger partial charge in [-0.1, -0.05) is 6.07 Å². The van der Waals surface area contributed by atoms with Crippen LogP contribution in [0.3, 0.4) is 0 Å². The molecule has 0 spiro atoms. The Balaban J connectivity index is 3.18. The molecule has 1 atom stereocenters. The molecule has 0 amide bonds. The maximum Gasteiger partial charge on any atom is 0.316 e. The van der Waals surface area contributed by atoms with E-state index in [1.165, 1.54) is 6.07 Å². The van der Waals surface area contributed by atoms with Crippen molar-refractivity contribution in [2.45, 2.75) is 32.1 Å². The van der Waals surface area contributed by atoms with E-state index >= 15 is 0 Å². The number of nitriles is 1. The van der Waals surface area contributed by atoms with Gasteiger partial charge in [0.05, 0.1) is 18.1 Å². The molecule has 0 aliphatic carbocycles. The molecule has 0 saturated heterocycles. The molecule has 0 aromatic heterocycles. The predicted octanol–water partition coefficient (Wildman–Crippen LogP) is 3.09. The second-order valence-corrected chi connectivity index (χ2v) is 4.34. The van der Waals surface area contributed by atoms with Crippen molar-refractivity contribution in [2.24, 2.45) is 0 Å². The van der Waals surface area contributed by atoms with Gasteiger partial charge in [0.1, 0.15) is 0 Å². The van der Waals surface area contributed by atoms with Gasteiger partial charge in [-0.25, -0.2) is 8.78 Å². The molecule has 0 N–H and O–H groups in total. The lowest BCUT2D eigenvalue weighted by molar-refractivity contribution is -0.149. The summed E-state index contributed by atoms with van der Waals surface area (Å²) < 4.78 is 31.2. The Morgan fingerprint density at radius 2 is 2.11 bits per heavy atom. The number of rotatable bonds is 5. The summed E-state index contributed by atoms with van der Waals surface area (Å²) in [7, 11) is 0. The average Bonchev–Trinajstić information content (AvgIpc) is 2.39. The van der Waals surface area contributed by atoms with Gasteiger partial charge in [-0.05, 0) is 38.0 Å². The van der Waals surface area contributed by atoms with E-state index in [4.69, 9.17) is 10.00 Å². The van der Waals surface area contributed by atoms with Gasteiger partial charge < -0.3 is 4.74 Å². The third kappa shape index (κ3) is 3.28. The van der Waals surface area contributed by atoms with Crippen molar-refractivity contribution in [2.75, 3.05) is 6.61 Å². The van der Waals surface area contributed by atoms with Crippen molar-refractivity contribution in [1.82, 2.24) is 0 Å². The quantitative estimate of drug-likeness (QED) is 0.770. The molecular weight excluding hydrogens is 252 g/mol. The summed E-state index contributed by atoms with van der Waals surface area (Å²) in [6.07, 6.45) is 0.307. The van der Waals surface area contributed by atoms with Gasteiger partial charge in [0, 0.05) is 6.42 Å². The van der Waals surface area contributed by atoms with Gasteiger partial charge >= 0.3 is 5.97 Å². The van der Waals surface area contributed by atoms with Gasteiger partial charge in [0.15, 0.2) is 11.6 Å². The number of ether oxygens (including phenoxy) is 1. The fraction of sp³-hybridized carbons (Fsp3) is 0.429. The van der Waals surface area contributed by atoms with Gasteiger partial charge in [0.25, 0.3) is 0 Å². The summed E-state index contributed by atoms with van der Waals surface area (Å²) in [4.78, 5) is 12.0. The minimum absolute atomic E-state index is 0.119. The minimum atomic E-state index is -1.15. The topological polar surface area (TPSA) is 50.1 Å². The molecule has 19 heavy (non-hydrogen) atoms. The molecule has 0 bridgehead atoms. The maximum absolute atomic E-state index is 13.3. The van der Waals surface area contributed by atoms with Crippen LogP contribution in [0.15, 0.2) is 18.2 Å². The number of benzene rings is 1. The normalized spacial score (nSPS) is 13.4. The highest BCUT2D eigenvalue weighted by molar-refractivity contribution is 5.82. The van der Waals surface area contributed by atoms with Crippen LogP contribution < -0.4 is 0 Å². The summed E-state index contributed by atoms with van der Waals surface area (Å²) in [5.41, 5.74) is -0.847. The summed E-state index contributed by atoms with van der Waals surface area (Å²) >= 11 is 0. The highest BCUT2D eigenvalue weighted by Gasteiger charge is 2.36. The smallest absolute Gasteiger partial charge is 0.316 e. The molecule has 0 aliphatic heterocycles. The lowest BCUT2D eigenvalue weighted by Gasteiger charge is -2.27. The molecule has 1 aromatic carbocycles. The second kappa shape index (κ2) is 6.28. The third-order valence-electron chi connectivity index (χ3n) is 3.02. The highest BCUT2D eigenvalue weighted by Crippen LogP contribution is 2.31. The van der Waals surface area contributed by atoms with E-state index in [9.17, 15) is 13.6 Å². The third-order valence-corrected chi connectivity index (χ3v) is 3.02. The minimum Gasteiger partial charge on any atom is -0.465 e. The van der Waals surface area contributed by atoms with Crippen LogP contribution in [0.4, 0.5) is 8.78 Å². The number of carbonyl (C=O) groups excluding carboxylic acids is 1. The standard InChI is InChI=1S/C14H15F2NO2/c1-3-19-13(18)14(2,7-4-8-17)10-5-6-11(15)12(16)9-10/h5-6,9H,3-4,7H2,1-2H3. The highest BCUT2D eigenvalue weighted by atomic mass is 19.2. The van der Waals surface area contributed by atoms with Crippen LogP contribution in [0.2, 0.25) is 0 Å². The number of hydrogen-bond donors (Lipinski definition) is 0. The number of esters is 1. The van der Waals surface area contributed by atoms with E-state index in [-0.39, 0.29) is 19.4 Å². The first-order chi connectivity index (χ1) is 8.95. The van der Waals surface area contributed by atoms with Gasteiger partial charge in [-0.15, -0.1) is 0 Å². The molecule has 0 radical (unpaired) electrons. The number of nitrogens with zero attached hydrogens (tertiary/aromatic N) is 1. The molecule has 1 aromatic rings. The van der Waals surface area contributed by atoms with Crippen molar-refractivity contribution in [3.63, 3.8) is 0 Å². The Hall–Kier alpha value is -1.96. The predicted molar refractivity (Wildman–Crippen MR) is 65.2 cm³/mol. The Labute approximate surface area is 110 Å². The summed E-state index contributed by atoms with van der Waals surface area (Å²) in [5, 5.41) is 8.65. The molecule has 0 saturated carbocycles. The summed E-state index contributed by atoms with van der Waals surface area (Å²) in [6.45, 7) is 3.41. The Morgan fingerprint density at radius 1 is 1.42 bits per heavy atom. The van der Waals surface area contributed by atoms with Crippen molar-refractivity contribution >= 4 is 5.97 Å². The lowest BCUT2D eigenvalue weighted by Crippen LogP contribution is -2.34. The number of halogens is 2. The zero-order chi connectivity index (χ0) is 14.5. The second-order valence-electron chi connectivity index (χ2n) is 4.34. The van der Waals surface area contributed by atoms with E-state index in [0.717, 1.165) is 12.1 Å². The molecule has 0 aliphatic rings. The Morgan fingerprint density at radius 3 is 2.63 bits per heavy atom. The fourth-order valence-corrected chi connectivity index (χ4v) is 1.80. The molecule has 1 unspecified atom stereocenters. The molecule has 3 nitrogen and oxygen atoms in total. The maximum atomic E-state index is 13.3. The first-order valence-electron chi connectivity index (χ1n) is 5.95. The molecule has 102 valence electrons. The zero-order valence-corrected chi connectivity index (χ0v) is 10.9. The van der Waals surface area contributed by atoms with E-state index in [1.54, 1.807) is 13.8 Å². The van der Waals surface area contributed by atoms with Crippen LogP contribution >= 0.6 is 0 Å². The van der Waals surface area contributed by atoms with Gasteiger partial charge in [-0.3, -0.25) is 4.79 Å². The van der Waals surface area contributed by atoms with Crippen LogP contribution in [0.5, 0.6) is 0 Å². The molecule has 1 rings (SSSR count). The average molecular weight is 267 g/mol. The molecule has 0 fully saturated rings. The van der Waals surface area contributed by atoms with E-state index in [1.807, 2.05) is 6.07 Å². The van der Waals surface area contributed by atoms with Crippen LogP contribution in [-0.4, -0.2) is 12.6 Å². The largest absolute Gasteiger partial charge is 0.465 e. The van der Waals surface area contributed by atoms with E-state index in [2.05, 4.69) is 0 Å². The number of carbonyl (C=O) groups is 1. The van der Waals surface area contributed by atoms with Crippen molar-refractivity contribution in [3.8, 4) is 6.07 Å². The first kappa shape index (κ1) is 15.1.